The molecule has 0 spiro atoms. The van der Waals surface area contributed by atoms with Crippen LogP contribution in [-0.4, -0.2) is 29.0 Å². The number of nitrogens with one attached hydrogen (secondary N) is 2. The molecule has 120 valence electrons. The maximum Gasteiger partial charge on any atom is 0.280 e. The topological polar surface area (TPSA) is 54.0 Å². The molecule has 2 aromatic rings. The molecule has 1 aromatic heterocycles. The molecule has 3 unspecified atom stereocenters. The normalized spacial score (nSPS) is 25.7. The van der Waals surface area contributed by atoms with E-state index in [2.05, 4.69) is 15.6 Å². The summed E-state index contributed by atoms with van der Waals surface area (Å²) in [6, 6.07) is 8.90. The third kappa shape index (κ3) is 2.89. The standard InChI is InChI=1S/C17H18ClN3OS/c1-9-15(10-3-2-4-11(18)7-10)23-17(19-9)16(22)21-14-8-12-5-6-13(14)20-12/h2-4,7,12-14,20H,5-6,8H2,1H3,(H,21,22). The van der Waals surface area contributed by atoms with Crippen LogP contribution in [0.1, 0.15) is 34.8 Å². The van der Waals surface area contributed by atoms with Crippen molar-refractivity contribution in [3.63, 3.8) is 0 Å². The maximum atomic E-state index is 12.5. The minimum atomic E-state index is -0.0641. The molecule has 1 amide bonds. The van der Waals surface area contributed by atoms with Gasteiger partial charge in [0, 0.05) is 23.1 Å². The van der Waals surface area contributed by atoms with Crippen molar-refractivity contribution in [1.82, 2.24) is 15.6 Å². The molecule has 3 atom stereocenters. The van der Waals surface area contributed by atoms with Gasteiger partial charge < -0.3 is 10.6 Å². The minimum absolute atomic E-state index is 0.0641. The second-order valence-corrected chi connectivity index (χ2v) is 7.74. The number of amides is 1. The van der Waals surface area contributed by atoms with Crippen LogP contribution in [0.25, 0.3) is 10.4 Å². The molecular formula is C17H18ClN3OS. The largest absolute Gasteiger partial charge is 0.346 e. The van der Waals surface area contributed by atoms with Crippen molar-refractivity contribution in [1.29, 1.82) is 0 Å². The van der Waals surface area contributed by atoms with E-state index in [1.807, 2.05) is 31.2 Å². The highest BCUT2D eigenvalue weighted by Crippen LogP contribution is 2.32. The van der Waals surface area contributed by atoms with Gasteiger partial charge in [0.05, 0.1) is 10.6 Å². The molecule has 2 bridgehead atoms. The molecule has 2 fully saturated rings. The molecule has 23 heavy (non-hydrogen) atoms. The Kier molecular flexibility index (Phi) is 3.87. The van der Waals surface area contributed by atoms with Crippen molar-refractivity contribution in [2.24, 2.45) is 0 Å². The lowest BCUT2D eigenvalue weighted by molar-refractivity contribution is 0.0930. The van der Waals surface area contributed by atoms with E-state index >= 15 is 0 Å². The quantitative estimate of drug-likeness (QED) is 0.894. The number of nitrogens with zero attached hydrogens (tertiary/aromatic N) is 1. The maximum absolute atomic E-state index is 12.5. The number of fused-ring (bicyclic) bond motifs is 2. The van der Waals surface area contributed by atoms with E-state index in [4.69, 9.17) is 11.6 Å². The number of aromatic nitrogens is 1. The van der Waals surface area contributed by atoms with E-state index in [1.165, 1.54) is 17.8 Å². The van der Waals surface area contributed by atoms with Crippen LogP contribution in [0.4, 0.5) is 0 Å². The number of rotatable bonds is 3. The van der Waals surface area contributed by atoms with Crippen LogP contribution in [-0.2, 0) is 0 Å². The monoisotopic (exact) mass is 347 g/mol. The molecule has 3 heterocycles. The Balaban J connectivity index is 1.53. The van der Waals surface area contributed by atoms with E-state index in [9.17, 15) is 4.79 Å². The second-order valence-electron chi connectivity index (χ2n) is 6.31. The molecule has 4 rings (SSSR count). The Bertz CT molecular complexity index is 760. The minimum Gasteiger partial charge on any atom is -0.346 e. The van der Waals surface area contributed by atoms with Crippen molar-refractivity contribution < 1.29 is 4.79 Å². The van der Waals surface area contributed by atoms with E-state index in [-0.39, 0.29) is 11.9 Å². The van der Waals surface area contributed by atoms with Gasteiger partial charge >= 0.3 is 0 Å². The molecule has 1 aromatic carbocycles. The van der Waals surface area contributed by atoms with Gasteiger partial charge in [0.25, 0.3) is 5.91 Å². The first kappa shape index (κ1) is 15.1. The van der Waals surface area contributed by atoms with Gasteiger partial charge in [-0.2, -0.15) is 0 Å². The van der Waals surface area contributed by atoms with E-state index in [0.29, 0.717) is 22.1 Å². The molecule has 2 aliphatic heterocycles. The molecule has 0 aliphatic carbocycles. The smallest absolute Gasteiger partial charge is 0.280 e. The zero-order chi connectivity index (χ0) is 16.0. The number of aryl methyl sites for hydroxylation is 1. The Morgan fingerprint density at radius 3 is 3.00 bits per heavy atom. The average molecular weight is 348 g/mol. The molecule has 4 nitrogen and oxygen atoms in total. The van der Waals surface area contributed by atoms with Gasteiger partial charge in [-0.15, -0.1) is 11.3 Å². The summed E-state index contributed by atoms with van der Waals surface area (Å²) < 4.78 is 0. The highest BCUT2D eigenvalue weighted by molar-refractivity contribution is 7.17. The summed E-state index contributed by atoms with van der Waals surface area (Å²) in [5.41, 5.74) is 1.88. The Morgan fingerprint density at radius 1 is 1.43 bits per heavy atom. The van der Waals surface area contributed by atoms with E-state index in [0.717, 1.165) is 29.0 Å². The molecule has 2 saturated heterocycles. The van der Waals surface area contributed by atoms with Crippen molar-refractivity contribution in [3.05, 3.63) is 40.0 Å². The number of carbonyl (C=O) groups is 1. The van der Waals surface area contributed by atoms with Gasteiger partial charge in [0.1, 0.15) is 0 Å². The van der Waals surface area contributed by atoms with Crippen LogP contribution >= 0.6 is 22.9 Å². The number of thiazole rings is 1. The number of halogens is 1. The Hall–Kier alpha value is -1.43. The number of benzene rings is 1. The zero-order valence-corrected chi connectivity index (χ0v) is 14.4. The lowest BCUT2D eigenvalue weighted by atomic mass is 9.95. The predicted octanol–water partition coefficient (Wildman–Crippen LogP) is 3.39. The zero-order valence-electron chi connectivity index (χ0n) is 12.8. The first-order chi connectivity index (χ1) is 11.1. The van der Waals surface area contributed by atoms with Crippen LogP contribution in [0.2, 0.25) is 5.02 Å². The van der Waals surface area contributed by atoms with Gasteiger partial charge in [-0.05, 0) is 43.9 Å². The summed E-state index contributed by atoms with van der Waals surface area (Å²) in [6.45, 7) is 1.93. The molecule has 6 heteroatoms. The molecular weight excluding hydrogens is 330 g/mol. The summed E-state index contributed by atoms with van der Waals surface area (Å²) in [6.07, 6.45) is 3.41. The summed E-state index contributed by atoms with van der Waals surface area (Å²) >= 11 is 7.49. The van der Waals surface area contributed by atoms with Gasteiger partial charge in [-0.3, -0.25) is 4.79 Å². The van der Waals surface area contributed by atoms with Gasteiger partial charge in [0.15, 0.2) is 5.01 Å². The summed E-state index contributed by atoms with van der Waals surface area (Å²) in [5.74, 6) is -0.0641. The van der Waals surface area contributed by atoms with Crippen molar-refractivity contribution in [2.75, 3.05) is 0 Å². The highest BCUT2D eigenvalue weighted by atomic mass is 35.5. The summed E-state index contributed by atoms with van der Waals surface area (Å²) in [5, 5.41) is 7.90. The number of hydrogen-bond donors (Lipinski definition) is 2. The third-order valence-corrected chi connectivity index (χ3v) is 6.13. The molecule has 2 N–H and O–H groups in total. The van der Waals surface area contributed by atoms with Crippen LogP contribution in [0.5, 0.6) is 0 Å². The van der Waals surface area contributed by atoms with E-state index in [1.54, 1.807) is 0 Å². The van der Waals surface area contributed by atoms with E-state index < -0.39 is 0 Å². The fourth-order valence-corrected chi connectivity index (χ4v) is 4.76. The van der Waals surface area contributed by atoms with Crippen LogP contribution < -0.4 is 10.6 Å². The van der Waals surface area contributed by atoms with Crippen LogP contribution in [0.3, 0.4) is 0 Å². The van der Waals surface area contributed by atoms with Crippen molar-refractivity contribution in [2.45, 2.75) is 44.3 Å². The fraction of sp³-hybridized carbons (Fsp3) is 0.412. The number of hydrogen-bond acceptors (Lipinski definition) is 4. The van der Waals surface area contributed by atoms with Gasteiger partial charge in [0.2, 0.25) is 0 Å². The SMILES string of the molecule is Cc1nc(C(=O)NC2CC3CCC2N3)sc1-c1cccc(Cl)c1. The average Bonchev–Trinajstić information content (AvgIpc) is 3.22. The van der Waals surface area contributed by atoms with Gasteiger partial charge in [-0.25, -0.2) is 4.98 Å². The summed E-state index contributed by atoms with van der Waals surface area (Å²) in [4.78, 5) is 18.0. The lowest BCUT2D eigenvalue weighted by Gasteiger charge is -2.20. The lowest BCUT2D eigenvalue weighted by Crippen LogP contribution is -2.42. The van der Waals surface area contributed by atoms with Crippen molar-refractivity contribution >= 4 is 28.8 Å². The third-order valence-electron chi connectivity index (χ3n) is 4.69. The van der Waals surface area contributed by atoms with Crippen molar-refractivity contribution in [3.8, 4) is 10.4 Å². The van der Waals surface area contributed by atoms with Gasteiger partial charge in [-0.1, -0.05) is 23.7 Å². The Morgan fingerprint density at radius 2 is 2.30 bits per heavy atom. The van der Waals surface area contributed by atoms with Crippen LogP contribution in [0.15, 0.2) is 24.3 Å². The number of carbonyl (C=O) groups excluding carboxylic acids is 1. The molecule has 0 radical (unpaired) electrons. The molecule has 2 aliphatic rings. The fourth-order valence-electron chi connectivity index (χ4n) is 3.60. The Labute approximate surface area is 144 Å². The summed E-state index contributed by atoms with van der Waals surface area (Å²) in [7, 11) is 0. The first-order valence-electron chi connectivity index (χ1n) is 7.90. The predicted molar refractivity (Wildman–Crippen MR) is 93.1 cm³/mol. The second kappa shape index (κ2) is 5.89. The first-order valence-corrected chi connectivity index (χ1v) is 9.10. The van der Waals surface area contributed by atoms with Crippen LogP contribution in [0, 0.1) is 6.92 Å². The highest BCUT2D eigenvalue weighted by Gasteiger charge is 2.40. The molecule has 0 saturated carbocycles.